The van der Waals surface area contributed by atoms with Crippen LogP contribution in [-0.2, 0) is 4.79 Å². The highest BCUT2D eigenvalue weighted by Gasteiger charge is 2.23. The van der Waals surface area contributed by atoms with Crippen LogP contribution in [0.15, 0.2) is 77.3 Å². The number of carbonyl (C=O) groups excluding carboxylic acids is 1. The molecular weight excluding hydrogens is 460 g/mol. The molecule has 0 unspecified atom stereocenters. The van der Waals surface area contributed by atoms with Crippen LogP contribution in [0.2, 0.25) is 0 Å². The predicted octanol–water partition coefficient (Wildman–Crippen LogP) is 3.86. The molecule has 3 heterocycles. The van der Waals surface area contributed by atoms with Gasteiger partial charge in [-0.05, 0) is 30.3 Å². The maximum absolute atomic E-state index is 12.8. The number of ether oxygens (including phenoxy) is 3. The normalized spacial score (nSPS) is 14.7. The summed E-state index contributed by atoms with van der Waals surface area (Å²) in [4.78, 5) is 21.3. The molecule has 1 amide bonds. The summed E-state index contributed by atoms with van der Waals surface area (Å²) >= 11 is 0. The molecule has 6 rings (SSSR count). The van der Waals surface area contributed by atoms with Crippen molar-refractivity contribution in [2.24, 2.45) is 0 Å². The number of aromatic nitrogens is 2. The first-order chi connectivity index (χ1) is 17.7. The molecule has 182 valence electrons. The molecule has 0 bridgehead atoms. The van der Waals surface area contributed by atoms with E-state index >= 15 is 0 Å². The van der Waals surface area contributed by atoms with E-state index in [1.54, 1.807) is 6.07 Å². The van der Waals surface area contributed by atoms with E-state index in [0.29, 0.717) is 30.6 Å². The highest BCUT2D eigenvalue weighted by atomic mass is 16.7. The second-order valence-electron chi connectivity index (χ2n) is 8.51. The Hall–Kier alpha value is -4.53. The molecule has 0 aliphatic carbocycles. The van der Waals surface area contributed by atoms with Crippen LogP contribution in [0.4, 0.5) is 5.69 Å². The van der Waals surface area contributed by atoms with Crippen molar-refractivity contribution < 1.29 is 23.5 Å². The van der Waals surface area contributed by atoms with Gasteiger partial charge in [-0.1, -0.05) is 41.6 Å². The highest BCUT2D eigenvalue weighted by molar-refractivity contribution is 5.78. The molecule has 0 N–H and O–H groups in total. The predicted molar refractivity (Wildman–Crippen MR) is 132 cm³/mol. The lowest BCUT2D eigenvalue weighted by Gasteiger charge is -2.36. The monoisotopic (exact) mass is 484 g/mol. The molecule has 9 nitrogen and oxygen atoms in total. The van der Waals surface area contributed by atoms with Crippen molar-refractivity contribution in [1.82, 2.24) is 15.0 Å². The van der Waals surface area contributed by atoms with Crippen LogP contribution < -0.4 is 19.1 Å². The first kappa shape index (κ1) is 22.0. The van der Waals surface area contributed by atoms with Gasteiger partial charge in [-0.15, -0.1) is 0 Å². The summed E-state index contributed by atoms with van der Waals surface area (Å²) in [5, 5.41) is 4.07. The number of hydrogen-bond donors (Lipinski definition) is 0. The average molecular weight is 485 g/mol. The molecule has 4 aromatic rings. The van der Waals surface area contributed by atoms with E-state index in [4.69, 9.17) is 18.7 Å². The van der Waals surface area contributed by atoms with Gasteiger partial charge in [-0.2, -0.15) is 4.98 Å². The van der Waals surface area contributed by atoms with Gasteiger partial charge in [0.05, 0.1) is 0 Å². The van der Waals surface area contributed by atoms with E-state index < -0.39 is 0 Å². The Morgan fingerprint density at radius 3 is 2.53 bits per heavy atom. The van der Waals surface area contributed by atoms with Crippen LogP contribution >= 0.6 is 0 Å². The van der Waals surface area contributed by atoms with Gasteiger partial charge in [-0.3, -0.25) is 4.79 Å². The Bertz CT molecular complexity index is 1370. The summed E-state index contributed by atoms with van der Waals surface area (Å²) in [7, 11) is 0. The fourth-order valence-electron chi connectivity index (χ4n) is 4.30. The van der Waals surface area contributed by atoms with Crippen molar-refractivity contribution in [2.75, 3.05) is 44.5 Å². The van der Waals surface area contributed by atoms with E-state index in [2.05, 4.69) is 15.0 Å². The van der Waals surface area contributed by atoms with E-state index in [1.807, 2.05) is 71.6 Å². The summed E-state index contributed by atoms with van der Waals surface area (Å²) < 4.78 is 22.1. The van der Waals surface area contributed by atoms with Crippen LogP contribution in [0.3, 0.4) is 0 Å². The number of anilines is 1. The third-order valence-electron chi connectivity index (χ3n) is 6.25. The lowest BCUT2D eigenvalue weighted by Crippen LogP contribution is -2.50. The third-order valence-corrected chi connectivity index (χ3v) is 6.25. The molecule has 1 saturated heterocycles. The minimum Gasteiger partial charge on any atom is -0.484 e. The van der Waals surface area contributed by atoms with E-state index in [1.165, 1.54) is 0 Å². The molecule has 1 aromatic heterocycles. The van der Waals surface area contributed by atoms with Crippen molar-refractivity contribution >= 4 is 11.6 Å². The minimum atomic E-state index is -0.0464. The Balaban J connectivity index is 1.04. The molecule has 1 fully saturated rings. The van der Waals surface area contributed by atoms with E-state index in [-0.39, 0.29) is 19.3 Å². The lowest BCUT2D eigenvalue weighted by molar-refractivity contribution is -0.133. The number of amides is 1. The fourth-order valence-corrected chi connectivity index (χ4v) is 4.30. The zero-order chi connectivity index (χ0) is 24.3. The summed E-state index contributed by atoms with van der Waals surface area (Å²) in [6.07, 6.45) is 0. The van der Waals surface area contributed by atoms with Crippen molar-refractivity contribution in [3.63, 3.8) is 0 Å². The van der Waals surface area contributed by atoms with Gasteiger partial charge in [-0.25, -0.2) is 0 Å². The summed E-state index contributed by atoms with van der Waals surface area (Å²) in [5.41, 5.74) is 2.67. The van der Waals surface area contributed by atoms with Gasteiger partial charge in [0.15, 0.2) is 18.1 Å². The zero-order valence-electron chi connectivity index (χ0n) is 19.5. The molecule has 3 aromatic carbocycles. The summed E-state index contributed by atoms with van der Waals surface area (Å²) in [6.45, 7) is 2.95. The number of piperazine rings is 1. The zero-order valence-corrected chi connectivity index (χ0v) is 19.5. The van der Waals surface area contributed by atoms with Gasteiger partial charge in [0.25, 0.3) is 11.8 Å². The summed E-state index contributed by atoms with van der Waals surface area (Å²) in [6, 6.07) is 22.9. The van der Waals surface area contributed by atoms with E-state index in [0.717, 1.165) is 41.4 Å². The first-order valence-electron chi connectivity index (χ1n) is 11.8. The third kappa shape index (κ3) is 4.55. The van der Waals surface area contributed by atoms with Gasteiger partial charge in [0, 0.05) is 49.1 Å². The molecule has 36 heavy (non-hydrogen) atoms. The van der Waals surface area contributed by atoms with Gasteiger partial charge >= 0.3 is 0 Å². The molecule has 9 heteroatoms. The molecule has 2 aliphatic rings. The van der Waals surface area contributed by atoms with Gasteiger partial charge in [0.2, 0.25) is 12.6 Å². The minimum absolute atomic E-state index is 0.0351. The van der Waals surface area contributed by atoms with Crippen molar-refractivity contribution in [1.29, 1.82) is 0 Å². The number of nitrogens with zero attached hydrogens (tertiary/aromatic N) is 4. The molecule has 0 radical (unpaired) electrons. The quantitative estimate of drug-likeness (QED) is 0.408. The lowest BCUT2D eigenvalue weighted by atomic mass is 10.2. The number of rotatable bonds is 6. The van der Waals surface area contributed by atoms with Gasteiger partial charge in [0.1, 0.15) is 5.75 Å². The van der Waals surface area contributed by atoms with Crippen LogP contribution in [0.1, 0.15) is 0 Å². The van der Waals surface area contributed by atoms with Crippen molar-refractivity contribution in [3.8, 4) is 40.1 Å². The van der Waals surface area contributed by atoms with Crippen LogP contribution in [-0.4, -0.2) is 60.5 Å². The summed E-state index contributed by atoms with van der Waals surface area (Å²) in [5.74, 6) is 2.97. The largest absolute Gasteiger partial charge is 0.484 e. The second-order valence-corrected chi connectivity index (χ2v) is 8.51. The molecule has 0 saturated carbocycles. The Labute approximate surface area is 207 Å². The smallest absolute Gasteiger partial charge is 0.260 e. The van der Waals surface area contributed by atoms with Crippen LogP contribution in [0.5, 0.6) is 17.2 Å². The Morgan fingerprint density at radius 1 is 0.861 bits per heavy atom. The molecule has 2 aliphatic heterocycles. The standard InChI is InChI=1S/C27H24N4O5/c32-25(31-13-11-30(12-14-31)21-9-10-23-24(16-21)35-18-34-23)17-33-22-8-4-7-20(15-22)27-28-26(29-36-27)19-5-2-1-3-6-19/h1-10,15-16H,11-14,17-18H2. The van der Waals surface area contributed by atoms with E-state index in [9.17, 15) is 4.79 Å². The average Bonchev–Trinajstić information content (AvgIpc) is 3.62. The number of hydrogen-bond acceptors (Lipinski definition) is 8. The molecular formula is C27H24N4O5. The number of fused-ring (bicyclic) bond motifs is 1. The maximum atomic E-state index is 12.8. The highest BCUT2D eigenvalue weighted by Crippen LogP contribution is 2.35. The first-order valence-corrected chi connectivity index (χ1v) is 11.8. The number of benzene rings is 3. The molecule has 0 spiro atoms. The fraction of sp³-hybridized carbons (Fsp3) is 0.222. The molecule has 0 atom stereocenters. The SMILES string of the molecule is O=C(COc1cccc(-c2nc(-c3ccccc3)no2)c1)N1CCN(c2ccc3c(c2)OCO3)CC1. The van der Waals surface area contributed by atoms with Crippen molar-refractivity contribution in [3.05, 3.63) is 72.8 Å². The van der Waals surface area contributed by atoms with Gasteiger partial charge < -0.3 is 28.5 Å². The maximum Gasteiger partial charge on any atom is 0.260 e. The second kappa shape index (κ2) is 9.61. The Morgan fingerprint density at radius 2 is 1.67 bits per heavy atom. The van der Waals surface area contributed by atoms with Crippen LogP contribution in [0, 0.1) is 0 Å². The van der Waals surface area contributed by atoms with Crippen LogP contribution in [0.25, 0.3) is 22.8 Å². The Kier molecular flexibility index (Phi) is 5.87. The topological polar surface area (TPSA) is 90.2 Å². The number of carbonyl (C=O) groups is 1. The van der Waals surface area contributed by atoms with Crippen molar-refractivity contribution in [2.45, 2.75) is 0 Å².